The third-order valence-electron chi connectivity index (χ3n) is 5.46. The number of methoxy groups -OCH3 is 1. The van der Waals surface area contributed by atoms with Crippen molar-refractivity contribution >= 4 is 23.1 Å². The third-order valence-corrected chi connectivity index (χ3v) is 5.46. The Kier molecular flexibility index (Phi) is 4.67. The minimum Gasteiger partial charge on any atom is -0.497 e. The van der Waals surface area contributed by atoms with Gasteiger partial charge in [-0.3, -0.25) is 14.5 Å². The number of Topliss-reactive ketones (excluding diaryl/α,β-unsaturated/α-hetero) is 1. The molecule has 2 atom stereocenters. The zero-order valence-electron chi connectivity index (χ0n) is 16.4. The predicted octanol–water partition coefficient (Wildman–Crippen LogP) is 4.47. The van der Waals surface area contributed by atoms with E-state index in [9.17, 15) is 9.59 Å². The maximum absolute atomic E-state index is 13.2. The lowest BCUT2D eigenvalue weighted by Crippen LogP contribution is -2.37. The molecule has 144 valence electrons. The fourth-order valence-corrected chi connectivity index (χ4v) is 4.23. The number of amides is 1. The van der Waals surface area contributed by atoms with Crippen LogP contribution >= 0.6 is 0 Å². The van der Waals surface area contributed by atoms with Crippen LogP contribution in [0.1, 0.15) is 38.3 Å². The van der Waals surface area contributed by atoms with Crippen LogP contribution in [0.15, 0.2) is 59.8 Å². The summed E-state index contributed by atoms with van der Waals surface area (Å²) in [7, 11) is 1.62. The number of allylic oxidation sites excluding steroid dienone is 1. The average Bonchev–Trinajstić information content (AvgIpc) is 2.82. The van der Waals surface area contributed by atoms with Crippen molar-refractivity contribution in [3.63, 3.8) is 0 Å². The SMILES string of the molecule is COc1ccc([C@H]2C3=C(C[C@H](C)CC3=O)Nc3ccccc3N2C(C)=O)cc1. The van der Waals surface area contributed by atoms with Crippen LogP contribution < -0.4 is 15.0 Å². The maximum atomic E-state index is 13.2. The molecule has 0 unspecified atom stereocenters. The number of hydrogen-bond acceptors (Lipinski definition) is 4. The Labute approximate surface area is 165 Å². The number of fused-ring (bicyclic) bond motifs is 1. The number of benzene rings is 2. The molecule has 0 fully saturated rings. The van der Waals surface area contributed by atoms with E-state index in [1.165, 1.54) is 0 Å². The molecule has 0 spiro atoms. The van der Waals surface area contributed by atoms with Crippen molar-refractivity contribution in [2.24, 2.45) is 5.92 Å². The molecule has 2 aromatic rings. The van der Waals surface area contributed by atoms with Crippen molar-refractivity contribution in [2.75, 3.05) is 17.3 Å². The van der Waals surface area contributed by atoms with Crippen molar-refractivity contribution in [3.8, 4) is 5.75 Å². The summed E-state index contributed by atoms with van der Waals surface area (Å²) in [6.07, 6.45) is 1.28. The number of carbonyl (C=O) groups is 2. The lowest BCUT2D eigenvalue weighted by Gasteiger charge is -2.34. The molecule has 1 heterocycles. The van der Waals surface area contributed by atoms with E-state index in [1.807, 2.05) is 48.5 Å². The van der Waals surface area contributed by atoms with Gasteiger partial charge in [-0.25, -0.2) is 0 Å². The monoisotopic (exact) mass is 376 g/mol. The number of carbonyl (C=O) groups excluding carboxylic acids is 2. The van der Waals surface area contributed by atoms with Gasteiger partial charge in [-0.05, 0) is 42.2 Å². The molecule has 5 heteroatoms. The summed E-state index contributed by atoms with van der Waals surface area (Å²) in [5.74, 6) is 1.01. The van der Waals surface area contributed by atoms with E-state index >= 15 is 0 Å². The molecular weight excluding hydrogens is 352 g/mol. The second-order valence-electron chi connectivity index (χ2n) is 7.54. The van der Waals surface area contributed by atoms with Crippen molar-refractivity contribution < 1.29 is 14.3 Å². The fraction of sp³-hybridized carbons (Fsp3) is 0.304. The Bertz CT molecular complexity index is 962. The van der Waals surface area contributed by atoms with E-state index in [-0.39, 0.29) is 17.6 Å². The van der Waals surface area contributed by atoms with Crippen LogP contribution in [0.4, 0.5) is 11.4 Å². The van der Waals surface area contributed by atoms with Gasteiger partial charge < -0.3 is 10.1 Å². The van der Waals surface area contributed by atoms with E-state index in [4.69, 9.17) is 4.74 Å². The number of para-hydroxylation sites is 2. The molecule has 0 aromatic heterocycles. The van der Waals surface area contributed by atoms with Crippen molar-refractivity contribution in [3.05, 3.63) is 65.4 Å². The van der Waals surface area contributed by atoms with E-state index in [2.05, 4.69) is 12.2 Å². The third kappa shape index (κ3) is 3.07. The summed E-state index contributed by atoms with van der Waals surface area (Å²) in [6, 6.07) is 14.9. The van der Waals surface area contributed by atoms with Crippen LogP contribution in [0.25, 0.3) is 0 Å². The molecule has 0 radical (unpaired) electrons. The van der Waals surface area contributed by atoms with Crippen molar-refractivity contribution in [1.29, 1.82) is 0 Å². The van der Waals surface area contributed by atoms with Crippen molar-refractivity contribution in [2.45, 2.75) is 32.7 Å². The first-order valence-corrected chi connectivity index (χ1v) is 9.55. The van der Waals surface area contributed by atoms with Gasteiger partial charge in [-0.2, -0.15) is 0 Å². The number of rotatable bonds is 2. The zero-order chi connectivity index (χ0) is 19.8. The van der Waals surface area contributed by atoms with Crippen LogP contribution in [0, 0.1) is 5.92 Å². The average molecular weight is 376 g/mol. The minimum atomic E-state index is -0.463. The Balaban J connectivity index is 1.96. The summed E-state index contributed by atoms with van der Waals surface area (Å²) in [6.45, 7) is 3.64. The molecule has 28 heavy (non-hydrogen) atoms. The number of ketones is 1. The van der Waals surface area contributed by atoms with Gasteiger partial charge in [0.1, 0.15) is 5.75 Å². The molecule has 2 aliphatic rings. The van der Waals surface area contributed by atoms with E-state index in [0.29, 0.717) is 12.0 Å². The largest absolute Gasteiger partial charge is 0.497 e. The molecule has 4 rings (SSSR count). The van der Waals surface area contributed by atoms with Crippen LogP contribution in [0.2, 0.25) is 0 Å². The molecule has 1 aliphatic heterocycles. The lowest BCUT2D eigenvalue weighted by molar-refractivity contribution is -0.117. The van der Waals surface area contributed by atoms with Gasteiger partial charge in [0.25, 0.3) is 0 Å². The summed E-state index contributed by atoms with van der Waals surface area (Å²) in [5, 5.41) is 3.47. The summed E-state index contributed by atoms with van der Waals surface area (Å²) in [4.78, 5) is 27.7. The van der Waals surface area contributed by atoms with E-state index in [0.717, 1.165) is 34.8 Å². The van der Waals surface area contributed by atoms with Gasteiger partial charge in [0.15, 0.2) is 5.78 Å². The molecule has 2 aromatic carbocycles. The highest BCUT2D eigenvalue weighted by Gasteiger charge is 2.39. The molecule has 0 saturated carbocycles. The van der Waals surface area contributed by atoms with Crippen LogP contribution in [0.5, 0.6) is 5.75 Å². The first kappa shape index (κ1) is 18.3. The molecule has 1 amide bonds. The second kappa shape index (κ2) is 7.15. The Morgan fingerprint density at radius 3 is 2.50 bits per heavy atom. The van der Waals surface area contributed by atoms with Gasteiger partial charge in [-0.1, -0.05) is 31.2 Å². The second-order valence-corrected chi connectivity index (χ2v) is 7.54. The smallest absolute Gasteiger partial charge is 0.224 e. The normalized spacial score (nSPS) is 21.4. The van der Waals surface area contributed by atoms with Gasteiger partial charge in [0, 0.05) is 24.6 Å². The minimum absolute atomic E-state index is 0.0983. The Hall–Kier alpha value is -3.08. The number of hydrogen-bond donors (Lipinski definition) is 1. The van der Waals surface area contributed by atoms with Crippen LogP contribution in [-0.2, 0) is 9.59 Å². The van der Waals surface area contributed by atoms with Gasteiger partial charge >= 0.3 is 0 Å². The summed E-state index contributed by atoms with van der Waals surface area (Å²) in [5.41, 5.74) is 4.13. The summed E-state index contributed by atoms with van der Waals surface area (Å²) < 4.78 is 5.28. The van der Waals surface area contributed by atoms with Gasteiger partial charge in [-0.15, -0.1) is 0 Å². The molecule has 1 N–H and O–H groups in total. The fourth-order valence-electron chi connectivity index (χ4n) is 4.23. The van der Waals surface area contributed by atoms with Crippen LogP contribution in [0.3, 0.4) is 0 Å². The number of nitrogens with one attached hydrogen (secondary N) is 1. The van der Waals surface area contributed by atoms with E-state index in [1.54, 1.807) is 18.9 Å². The predicted molar refractivity (Wildman–Crippen MR) is 109 cm³/mol. The topological polar surface area (TPSA) is 58.6 Å². The highest BCUT2D eigenvalue weighted by atomic mass is 16.5. The maximum Gasteiger partial charge on any atom is 0.224 e. The molecule has 0 bridgehead atoms. The Morgan fingerprint density at radius 1 is 1.11 bits per heavy atom. The number of anilines is 2. The number of nitrogens with zero attached hydrogens (tertiary/aromatic N) is 1. The quantitative estimate of drug-likeness (QED) is 0.840. The number of ether oxygens (including phenoxy) is 1. The molecular formula is C23H24N2O3. The van der Waals surface area contributed by atoms with Crippen LogP contribution in [-0.4, -0.2) is 18.8 Å². The molecule has 1 aliphatic carbocycles. The Morgan fingerprint density at radius 2 is 1.82 bits per heavy atom. The first-order valence-electron chi connectivity index (χ1n) is 9.55. The summed E-state index contributed by atoms with van der Waals surface area (Å²) >= 11 is 0. The van der Waals surface area contributed by atoms with Crippen molar-refractivity contribution in [1.82, 2.24) is 0 Å². The zero-order valence-corrected chi connectivity index (χ0v) is 16.4. The highest BCUT2D eigenvalue weighted by Crippen LogP contribution is 2.45. The standard InChI is InChI=1S/C23H24N2O3/c1-14-12-19-22(21(27)13-14)23(16-8-10-17(28-3)11-9-16)25(15(2)26)20-7-5-4-6-18(20)24-19/h4-11,14,23-24H,12-13H2,1-3H3/t14-,23-/m0/s1. The van der Waals surface area contributed by atoms with Gasteiger partial charge in [0.2, 0.25) is 5.91 Å². The lowest BCUT2D eigenvalue weighted by atomic mass is 9.81. The highest BCUT2D eigenvalue weighted by molar-refractivity contribution is 6.05. The first-order chi connectivity index (χ1) is 13.5. The van der Waals surface area contributed by atoms with E-state index < -0.39 is 6.04 Å². The molecule has 5 nitrogen and oxygen atoms in total. The molecule has 0 saturated heterocycles. The van der Waals surface area contributed by atoms with Gasteiger partial charge in [0.05, 0.1) is 24.5 Å².